The van der Waals surface area contributed by atoms with Crippen LogP contribution in [-0.2, 0) is 38.1 Å². The maximum Gasteiger partial charge on any atom is 0.331 e. The van der Waals surface area contributed by atoms with Crippen molar-refractivity contribution in [3.63, 3.8) is 0 Å². The van der Waals surface area contributed by atoms with Crippen LogP contribution in [0, 0.1) is 10.8 Å². The minimum Gasteiger partial charge on any atom is -0.462 e. The first-order valence-electron chi connectivity index (χ1n) is 12.2. The number of carbonyl (C=O) groups excluding carboxylic acids is 3. The summed E-state index contributed by atoms with van der Waals surface area (Å²) in [6.07, 6.45) is 10.5. The minimum atomic E-state index is -0.613. The molecule has 2 saturated heterocycles. The molecule has 35 heavy (non-hydrogen) atoms. The first kappa shape index (κ1) is 24.0. The fraction of sp³-hybridized carbons (Fsp3) is 0.593. The molecule has 8 nitrogen and oxygen atoms in total. The van der Waals surface area contributed by atoms with E-state index in [-0.39, 0.29) is 25.4 Å². The molecular weight excluding hydrogens is 452 g/mol. The van der Waals surface area contributed by atoms with Gasteiger partial charge in [0.25, 0.3) is 0 Å². The fourth-order valence-electron chi connectivity index (χ4n) is 6.46. The van der Waals surface area contributed by atoms with Crippen LogP contribution in [-0.4, -0.2) is 61.6 Å². The van der Waals surface area contributed by atoms with Gasteiger partial charge in [0.15, 0.2) is 0 Å². The zero-order valence-electron chi connectivity index (χ0n) is 20.4. The summed E-state index contributed by atoms with van der Waals surface area (Å²) in [5.41, 5.74) is 0.194. The summed E-state index contributed by atoms with van der Waals surface area (Å²) in [6, 6.07) is 0. The molecular formula is C27H32O8. The third kappa shape index (κ3) is 3.87. The van der Waals surface area contributed by atoms with Gasteiger partial charge in [-0.15, -0.1) is 0 Å². The van der Waals surface area contributed by atoms with Crippen molar-refractivity contribution < 1.29 is 38.1 Å². The Morgan fingerprint density at radius 2 is 1.63 bits per heavy atom. The Kier molecular flexibility index (Phi) is 6.00. The Hall–Kier alpha value is -2.71. The van der Waals surface area contributed by atoms with Gasteiger partial charge in [0.2, 0.25) is 0 Å². The Morgan fingerprint density at radius 1 is 0.886 bits per heavy atom. The second-order valence-corrected chi connectivity index (χ2v) is 10.5. The van der Waals surface area contributed by atoms with E-state index in [9.17, 15) is 14.4 Å². The van der Waals surface area contributed by atoms with Gasteiger partial charge in [-0.2, -0.15) is 0 Å². The lowest BCUT2D eigenvalue weighted by Crippen LogP contribution is -2.66. The van der Waals surface area contributed by atoms with Crippen molar-refractivity contribution >= 4 is 17.9 Å². The monoisotopic (exact) mass is 484 g/mol. The van der Waals surface area contributed by atoms with E-state index in [0.29, 0.717) is 19.4 Å². The third-order valence-electron chi connectivity index (χ3n) is 8.63. The van der Waals surface area contributed by atoms with E-state index < -0.39 is 40.4 Å². The molecule has 3 fully saturated rings. The molecule has 8 heteroatoms. The third-order valence-corrected chi connectivity index (χ3v) is 8.63. The van der Waals surface area contributed by atoms with E-state index in [1.807, 2.05) is 0 Å². The van der Waals surface area contributed by atoms with Crippen molar-refractivity contribution in [3.8, 4) is 0 Å². The molecule has 0 aromatic carbocycles. The SMILES string of the molecule is CC1=CC2OC3CC4OC(=O)/C=C\C=C/C(=O)OCC/C(C)=C\C(=O)OCC2(CC1)C4(C)C31CO1. The lowest BCUT2D eigenvalue weighted by Gasteiger charge is -2.58. The summed E-state index contributed by atoms with van der Waals surface area (Å²) in [5, 5.41) is 0. The molecule has 6 unspecified atom stereocenters. The maximum atomic E-state index is 12.8. The number of epoxide rings is 1. The standard InChI is InChI=1S/C27H32O8/c1-17-8-10-26-15-32-24(30)13-18(2)9-11-31-22(28)6-4-5-7-23(29)35-19-14-21(34-20(26)12-17)27(16-33-27)25(19,26)3/h4-7,12-13,19-21H,8-11,14-16H2,1-3H3/b6-4-,7-5-,18-13-. The number of ether oxygens (including phenoxy) is 5. The molecule has 3 aliphatic heterocycles. The Bertz CT molecular complexity index is 1050. The number of esters is 3. The molecule has 2 bridgehead atoms. The summed E-state index contributed by atoms with van der Waals surface area (Å²) >= 11 is 0. The molecule has 1 saturated carbocycles. The van der Waals surface area contributed by atoms with Crippen LogP contribution in [0.25, 0.3) is 0 Å². The summed E-state index contributed by atoms with van der Waals surface area (Å²) in [5.74, 6) is -1.50. The van der Waals surface area contributed by atoms with Crippen molar-refractivity contribution in [2.75, 3.05) is 19.8 Å². The molecule has 3 heterocycles. The lowest BCUT2D eigenvalue weighted by atomic mass is 9.51. The quantitative estimate of drug-likeness (QED) is 0.224. The number of allylic oxidation sites excluding steroid dienone is 3. The average Bonchev–Trinajstić information content (AvgIpc) is 3.58. The van der Waals surface area contributed by atoms with E-state index in [4.69, 9.17) is 23.7 Å². The van der Waals surface area contributed by atoms with Crippen LogP contribution >= 0.6 is 0 Å². The highest BCUT2D eigenvalue weighted by atomic mass is 16.6. The second kappa shape index (κ2) is 8.75. The van der Waals surface area contributed by atoms with E-state index in [0.717, 1.165) is 18.4 Å². The molecule has 2 spiro atoms. The van der Waals surface area contributed by atoms with Gasteiger partial charge in [-0.05, 0) is 26.7 Å². The highest BCUT2D eigenvalue weighted by molar-refractivity contribution is 5.85. The Balaban J connectivity index is 1.53. The van der Waals surface area contributed by atoms with Crippen LogP contribution in [0.1, 0.15) is 46.5 Å². The predicted molar refractivity (Wildman–Crippen MR) is 124 cm³/mol. The van der Waals surface area contributed by atoms with E-state index in [1.165, 1.54) is 36.0 Å². The smallest absolute Gasteiger partial charge is 0.331 e. The molecule has 0 aromatic heterocycles. The molecule has 5 aliphatic rings. The van der Waals surface area contributed by atoms with Gasteiger partial charge >= 0.3 is 17.9 Å². The van der Waals surface area contributed by atoms with Crippen molar-refractivity contribution in [2.45, 2.75) is 70.4 Å². The molecule has 6 atom stereocenters. The van der Waals surface area contributed by atoms with Crippen LogP contribution < -0.4 is 0 Å². The number of carbonyl (C=O) groups is 3. The van der Waals surface area contributed by atoms with Gasteiger partial charge in [0.05, 0.1) is 30.8 Å². The predicted octanol–water partition coefficient (Wildman–Crippen LogP) is 3.12. The van der Waals surface area contributed by atoms with Crippen molar-refractivity contribution in [3.05, 3.63) is 47.6 Å². The van der Waals surface area contributed by atoms with Gasteiger partial charge in [-0.25, -0.2) is 14.4 Å². The largest absolute Gasteiger partial charge is 0.462 e. The van der Waals surface area contributed by atoms with Crippen molar-refractivity contribution in [1.82, 2.24) is 0 Å². The highest BCUT2D eigenvalue weighted by Gasteiger charge is 2.83. The number of rotatable bonds is 0. The van der Waals surface area contributed by atoms with Crippen molar-refractivity contribution in [2.24, 2.45) is 10.8 Å². The van der Waals surface area contributed by atoms with Gasteiger partial charge in [-0.1, -0.05) is 36.3 Å². The van der Waals surface area contributed by atoms with E-state index >= 15 is 0 Å². The van der Waals surface area contributed by atoms with Crippen LogP contribution in [0.5, 0.6) is 0 Å². The van der Waals surface area contributed by atoms with Crippen molar-refractivity contribution in [1.29, 1.82) is 0 Å². The first-order valence-corrected chi connectivity index (χ1v) is 12.2. The normalized spacial score (nSPS) is 44.9. The second-order valence-electron chi connectivity index (χ2n) is 10.5. The molecule has 0 radical (unpaired) electrons. The van der Waals surface area contributed by atoms with E-state index in [2.05, 4.69) is 19.9 Å². The molecule has 0 aromatic rings. The summed E-state index contributed by atoms with van der Waals surface area (Å²) in [4.78, 5) is 37.4. The summed E-state index contributed by atoms with van der Waals surface area (Å²) < 4.78 is 29.7. The molecule has 5 rings (SSSR count). The number of hydrogen-bond acceptors (Lipinski definition) is 8. The first-order chi connectivity index (χ1) is 16.7. The molecule has 0 amide bonds. The molecule has 2 aliphatic carbocycles. The van der Waals surface area contributed by atoms with E-state index in [1.54, 1.807) is 6.92 Å². The minimum absolute atomic E-state index is 0.125. The molecule has 0 N–H and O–H groups in total. The zero-order chi connectivity index (χ0) is 24.8. The van der Waals surface area contributed by atoms with Gasteiger partial charge in [0.1, 0.15) is 18.3 Å². The maximum absolute atomic E-state index is 12.8. The topological polar surface area (TPSA) is 101 Å². The van der Waals surface area contributed by atoms with Crippen LogP contribution in [0.4, 0.5) is 0 Å². The fourth-order valence-corrected chi connectivity index (χ4v) is 6.46. The van der Waals surface area contributed by atoms with Gasteiger partial charge < -0.3 is 23.7 Å². The highest BCUT2D eigenvalue weighted by Crippen LogP contribution is 2.72. The zero-order valence-corrected chi connectivity index (χ0v) is 20.4. The number of hydrogen-bond donors (Lipinski definition) is 0. The summed E-state index contributed by atoms with van der Waals surface area (Å²) in [6.45, 7) is 6.77. The Labute approximate surface area is 204 Å². The Morgan fingerprint density at radius 3 is 2.37 bits per heavy atom. The van der Waals surface area contributed by atoms with Crippen LogP contribution in [0.2, 0.25) is 0 Å². The number of cyclic esters (lactones) is 2. The lowest BCUT2D eigenvalue weighted by molar-refractivity contribution is -0.232. The average molecular weight is 485 g/mol. The van der Waals surface area contributed by atoms with Gasteiger partial charge in [0, 0.05) is 36.5 Å². The van der Waals surface area contributed by atoms with Crippen LogP contribution in [0.3, 0.4) is 0 Å². The molecule has 188 valence electrons. The summed E-state index contributed by atoms with van der Waals surface area (Å²) in [7, 11) is 0. The van der Waals surface area contributed by atoms with Crippen LogP contribution in [0.15, 0.2) is 47.6 Å². The van der Waals surface area contributed by atoms with Gasteiger partial charge in [-0.3, -0.25) is 0 Å².